The largest absolute Gasteiger partial charge is 0.345 e. The van der Waals surface area contributed by atoms with Crippen molar-refractivity contribution in [1.82, 2.24) is 20.3 Å². The van der Waals surface area contributed by atoms with E-state index in [2.05, 4.69) is 25.6 Å². The molecular formula is C20H20ClN5O. The number of anilines is 2. The van der Waals surface area contributed by atoms with Gasteiger partial charge in [-0.25, -0.2) is 9.97 Å². The summed E-state index contributed by atoms with van der Waals surface area (Å²) in [7, 11) is 0. The van der Waals surface area contributed by atoms with Gasteiger partial charge < -0.3 is 10.6 Å². The minimum atomic E-state index is -0.291. The van der Waals surface area contributed by atoms with Gasteiger partial charge >= 0.3 is 0 Å². The minimum Gasteiger partial charge on any atom is -0.345 e. The molecule has 0 spiro atoms. The number of hydrogen-bond acceptors (Lipinski definition) is 5. The monoisotopic (exact) mass is 381 g/mol. The normalized spacial score (nSPS) is 10.5. The number of halogens is 1. The minimum absolute atomic E-state index is 0.279. The number of rotatable bonds is 5. The molecule has 6 nitrogen and oxygen atoms in total. The van der Waals surface area contributed by atoms with E-state index in [0.29, 0.717) is 23.2 Å². The second-order valence-electron chi connectivity index (χ2n) is 6.29. The summed E-state index contributed by atoms with van der Waals surface area (Å²) in [6.45, 7) is 6.08. The highest BCUT2D eigenvalue weighted by molar-refractivity contribution is 6.33. The van der Waals surface area contributed by atoms with Crippen LogP contribution in [0, 0.1) is 20.8 Å². The zero-order valence-electron chi connectivity index (χ0n) is 15.4. The Morgan fingerprint density at radius 3 is 2.63 bits per heavy atom. The molecule has 0 fully saturated rings. The van der Waals surface area contributed by atoms with Gasteiger partial charge in [0.1, 0.15) is 5.69 Å². The van der Waals surface area contributed by atoms with E-state index in [-0.39, 0.29) is 11.6 Å². The van der Waals surface area contributed by atoms with Gasteiger partial charge in [-0.2, -0.15) is 0 Å². The quantitative estimate of drug-likeness (QED) is 0.694. The van der Waals surface area contributed by atoms with Crippen molar-refractivity contribution in [2.45, 2.75) is 27.3 Å². The van der Waals surface area contributed by atoms with Crippen LogP contribution in [0.2, 0.25) is 5.02 Å². The molecule has 3 rings (SSSR count). The maximum Gasteiger partial charge on any atom is 0.270 e. The standard InChI is InChI=1S/C20H20ClN5O/c1-12-8-13(2)18(16(21)9-12)26-20-24-14(3)10-17(25-20)19(27)23-11-15-6-4-5-7-22-15/h4-10H,11H2,1-3H3,(H,23,27)(H,24,25,26). The summed E-state index contributed by atoms with van der Waals surface area (Å²) in [5.41, 5.74) is 4.51. The van der Waals surface area contributed by atoms with Crippen molar-refractivity contribution in [2.24, 2.45) is 0 Å². The van der Waals surface area contributed by atoms with Gasteiger partial charge in [0.05, 0.1) is 22.9 Å². The van der Waals surface area contributed by atoms with Crippen LogP contribution in [0.3, 0.4) is 0 Å². The average Bonchev–Trinajstić information content (AvgIpc) is 2.63. The number of amides is 1. The summed E-state index contributed by atoms with van der Waals surface area (Å²) < 4.78 is 0. The average molecular weight is 382 g/mol. The molecule has 27 heavy (non-hydrogen) atoms. The van der Waals surface area contributed by atoms with Crippen LogP contribution >= 0.6 is 11.6 Å². The Bertz CT molecular complexity index is 952. The first-order valence-corrected chi connectivity index (χ1v) is 8.88. The van der Waals surface area contributed by atoms with Gasteiger partial charge in [-0.15, -0.1) is 0 Å². The molecular weight excluding hydrogens is 362 g/mol. The summed E-state index contributed by atoms with van der Waals surface area (Å²) in [6, 6.07) is 11.1. The molecule has 1 aromatic carbocycles. The number of nitrogens with one attached hydrogen (secondary N) is 2. The maximum absolute atomic E-state index is 12.5. The van der Waals surface area contributed by atoms with Crippen LogP contribution in [0.15, 0.2) is 42.6 Å². The van der Waals surface area contributed by atoms with Crippen LogP contribution in [0.4, 0.5) is 11.6 Å². The fourth-order valence-corrected chi connectivity index (χ4v) is 3.06. The van der Waals surface area contributed by atoms with Crippen molar-refractivity contribution < 1.29 is 4.79 Å². The molecule has 0 atom stereocenters. The number of carbonyl (C=O) groups excluding carboxylic acids is 1. The van der Waals surface area contributed by atoms with E-state index in [1.54, 1.807) is 12.3 Å². The van der Waals surface area contributed by atoms with Crippen molar-refractivity contribution >= 4 is 29.1 Å². The molecule has 0 aliphatic heterocycles. The third-order valence-corrected chi connectivity index (χ3v) is 4.21. The lowest BCUT2D eigenvalue weighted by atomic mass is 10.1. The first-order chi connectivity index (χ1) is 12.9. The van der Waals surface area contributed by atoms with E-state index >= 15 is 0 Å². The second-order valence-corrected chi connectivity index (χ2v) is 6.69. The molecule has 7 heteroatoms. The number of benzene rings is 1. The van der Waals surface area contributed by atoms with Gasteiger partial charge in [0, 0.05) is 11.9 Å². The Morgan fingerprint density at radius 1 is 1.11 bits per heavy atom. The van der Waals surface area contributed by atoms with Crippen LogP contribution in [-0.2, 0) is 6.54 Å². The highest BCUT2D eigenvalue weighted by Gasteiger charge is 2.13. The van der Waals surface area contributed by atoms with Crippen LogP contribution in [0.5, 0.6) is 0 Å². The Morgan fingerprint density at radius 2 is 1.93 bits per heavy atom. The first kappa shape index (κ1) is 18.8. The summed E-state index contributed by atoms with van der Waals surface area (Å²) >= 11 is 6.34. The van der Waals surface area contributed by atoms with Gasteiger partial charge in [0.15, 0.2) is 0 Å². The molecule has 2 aromatic heterocycles. The van der Waals surface area contributed by atoms with E-state index < -0.39 is 0 Å². The fourth-order valence-electron chi connectivity index (χ4n) is 2.69. The number of nitrogens with zero attached hydrogens (tertiary/aromatic N) is 3. The Hall–Kier alpha value is -2.99. The molecule has 0 unspecified atom stereocenters. The number of carbonyl (C=O) groups is 1. The molecule has 1 amide bonds. The SMILES string of the molecule is Cc1cc(C)c(Nc2nc(C)cc(C(=O)NCc3ccccn3)n2)c(Cl)c1. The van der Waals surface area contributed by atoms with Gasteiger partial charge in [0.2, 0.25) is 5.95 Å². The summed E-state index contributed by atoms with van der Waals surface area (Å²) in [4.78, 5) is 25.4. The van der Waals surface area contributed by atoms with Gasteiger partial charge in [-0.1, -0.05) is 23.7 Å². The van der Waals surface area contributed by atoms with Crippen LogP contribution in [0.1, 0.15) is 33.0 Å². The van der Waals surface area contributed by atoms with Crippen LogP contribution < -0.4 is 10.6 Å². The number of aromatic nitrogens is 3. The lowest BCUT2D eigenvalue weighted by Crippen LogP contribution is -2.25. The summed E-state index contributed by atoms with van der Waals surface area (Å²) in [5.74, 6) is 0.0350. The molecule has 3 aromatic rings. The molecule has 0 radical (unpaired) electrons. The van der Waals surface area contributed by atoms with E-state index in [1.807, 2.05) is 51.1 Å². The van der Waals surface area contributed by atoms with Crippen molar-refractivity contribution in [3.8, 4) is 0 Å². The zero-order valence-corrected chi connectivity index (χ0v) is 16.1. The van der Waals surface area contributed by atoms with Crippen molar-refractivity contribution in [2.75, 3.05) is 5.32 Å². The highest BCUT2D eigenvalue weighted by Crippen LogP contribution is 2.29. The molecule has 138 valence electrons. The van der Waals surface area contributed by atoms with Crippen molar-refractivity contribution in [3.05, 3.63) is 75.8 Å². The number of hydrogen-bond donors (Lipinski definition) is 2. The number of pyridine rings is 1. The lowest BCUT2D eigenvalue weighted by molar-refractivity contribution is 0.0945. The van der Waals surface area contributed by atoms with Crippen LogP contribution in [0.25, 0.3) is 0 Å². The lowest BCUT2D eigenvalue weighted by Gasteiger charge is -2.13. The Kier molecular flexibility index (Phi) is 5.66. The predicted octanol–water partition coefficient (Wildman–Crippen LogP) is 4.12. The molecule has 0 aliphatic carbocycles. The third kappa shape index (κ3) is 4.80. The topological polar surface area (TPSA) is 79.8 Å². The van der Waals surface area contributed by atoms with E-state index in [1.165, 1.54) is 0 Å². The molecule has 0 saturated carbocycles. The first-order valence-electron chi connectivity index (χ1n) is 8.50. The summed E-state index contributed by atoms with van der Waals surface area (Å²) in [5, 5.41) is 6.53. The van der Waals surface area contributed by atoms with E-state index in [9.17, 15) is 4.79 Å². The smallest absolute Gasteiger partial charge is 0.270 e. The molecule has 2 N–H and O–H groups in total. The highest BCUT2D eigenvalue weighted by atomic mass is 35.5. The van der Waals surface area contributed by atoms with Crippen LogP contribution in [-0.4, -0.2) is 20.9 Å². The predicted molar refractivity (Wildman–Crippen MR) is 106 cm³/mol. The van der Waals surface area contributed by atoms with Crippen molar-refractivity contribution in [3.63, 3.8) is 0 Å². The van der Waals surface area contributed by atoms with E-state index in [4.69, 9.17) is 11.6 Å². The fraction of sp³-hybridized carbons (Fsp3) is 0.200. The second kappa shape index (κ2) is 8.14. The summed E-state index contributed by atoms with van der Waals surface area (Å²) in [6.07, 6.45) is 1.69. The van der Waals surface area contributed by atoms with Crippen molar-refractivity contribution in [1.29, 1.82) is 0 Å². The zero-order chi connectivity index (χ0) is 19.4. The Balaban J connectivity index is 1.79. The number of aryl methyl sites for hydroxylation is 3. The third-order valence-electron chi connectivity index (χ3n) is 3.91. The molecule has 0 bridgehead atoms. The van der Waals surface area contributed by atoms with Gasteiger partial charge in [-0.05, 0) is 56.2 Å². The molecule has 0 aliphatic rings. The molecule has 2 heterocycles. The Labute approximate surface area is 163 Å². The van der Waals surface area contributed by atoms with Gasteiger partial charge in [0.25, 0.3) is 5.91 Å². The molecule has 0 saturated heterocycles. The van der Waals surface area contributed by atoms with E-state index in [0.717, 1.165) is 22.5 Å². The van der Waals surface area contributed by atoms with Gasteiger partial charge in [-0.3, -0.25) is 9.78 Å². The maximum atomic E-state index is 12.5.